The SMILES string of the molecule is CS(=O)(=O)C1CCN(C(=O)c2ccc(F)c(F)c2)CC1. The van der Waals surface area contributed by atoms with E-state index in [0.29, 0.717) is 25.9 Å². The Morgan fingerprint density at radius 3 is 2.30 bits per heavy atom. The number of carbonyl (C=O) groups is 1. The van der Waals surface area contributed by atoms with Crippen LogP contribution in [-0.2, 0) is 9.84 Å². The summed E-state index contributed by atoms with van der Waals surface area (Å²) >= 11 is 0. The highest BCUT2D eigenvalue weighted by Crippen LogP contribution is 2.19. The van der Waals surface area contributed by atoms with Crippen LogP contribution < -0.4 is 0 Å². The highest BCUT2D eigenvalue weighted by atomic mass is 32.2. The lowest BCUT2D eigenvalue weighted by atomic mass is 10.1. The van der Waals surface area contributed by atoms with E-state index in [1.807, 2.05) is 0 Å². The zero-order valence-corrected chi connectivity index (χ0v) is 11.8. The maximum absolute atomic E-state index is 13.1. The van der Waals surface area contributed by atoms with Crippen molar-refractivity contribution >= 4 is 15.7 Å². The lowest BCUT2D eigenvalue weighted by Gasteiger charge is -2.31. The summed E-state index contributed by atoms with van der Waals surface area (Å²) in [5.74, 6) is -2.48. The van der Waals surface area contributed by atoms with E-state index in [2.05, 4.69) is 0 Å². The minimum Gasteiger partial charge on any atom is -0.339 e. The maximum atomic E-state index is 13.1. The predicted molar refractivity (Wildman–Crippen MR) is 70.1 cm³/mol. The number of halogens is 2. The largest absolute Gasteiger partial charge is 0.339 e. The summed E-state index contributed by atoms with van der Waals surface area (Å²) < 4.78 is 48.8. The van der Waals surface area contributed by atoms with Gasteiger partial charge in [-0.1, -0.05) is 0 Å². The van der Waals surface area contributed by atoms with Gasteiger partial charge in [-0.15, -0.1) is 0 Å². The third-order valence-electron chi connectivity index (χ3n) is 3.50. The summed E-state index contributed by atoms with van der Waals surface area (Å²) in [6.07, 6.45) is 1.92. The molecule has 0 bridgehead atoms. The van der Waals surface area contributed by atoms with E-state index in [1.54, 1.807) is 0 Å². The Morgan fingerprint density at radius 1 is 1.20 bits per heavy atom. The third-order valence-corrected chi connectivity index (χ3v) is 5.18. The number of amides is 1. The average Bonchev–Trinajstić information content (AvgIpc) is 2.40. The first-order chi connectivity index (χ1) is 9.29. The summed E-state index contributed by atoms with van der Waals surface area (Å²) in [4.78, 5) is 13.6. The van der Waals surface area contributed by atoms with Crippen LogP contribution in [0.4, 0.5) is 8.78 Å². The number of sulfone groups is 1. The van der Waals surface area contributed by atoms with E-state index in [4.69, 9.17) is 0 Å². The molecule has 2 rings (SSSR count). The molecule has 0 aromatic heterocycles. The van der Waals surface area contributed by atoms with Crippen molar-refractivity contribution in [3.8, 4) is 0 Å². The molecule has 1 fully saturated rings. The Kier molecular flexibility index (Phi) is 4.08. The van der Waals surface area contributed by atoms with Crippen LogP contribution in [0, 0.1) is 11.6 Å². The maximum Gasteiger partial charge on any atom is 0.253 e. The van der Waals surface area contributed by atoms with Crippen molar-refractivity contribution in [2.75, 3.05) is 19.3 Å². The van der Waals surface area contributed by atoms with Crippen LogP contribution in [0.25, 0.3) is 0 Å². The summed E-state index contributed by atoms with van der Waals surface area (Å²) in [7, 11) is -3.10. The molecule has 1 aliphatic heterocycles. The normalized spacial score (nSPS) is 17.2. The smallest absolute Gasteiger partial charge is 0.253 e. The molecular formula is C13H15F2NO3S. The molecule has 1 heterocycles. The number of hydrogen-bond donors (Lipinski definition) is 0. The number of piperidine rings is 1. The van der Waals surface area contributed by atoms with Crippen LogP contribution in [0.15, 0.2) is 18.2 Å². The molecule has 1 aromatic rings. The molecule has 0 unspecified atom stereocenters. The molecule has 1 aromatic carbocycles. The Hall–Kier alpha value is -1.50. The van der Waals surface area contributed by atoms with Crippen molar-refractivity contribution in [1.29, 1.82) is 0 Å². The van der Waals surface area contributed by atoms with Gasteiger partial charge < -0.3 is 4.90 Å². The third kappa shape index (κ3) is 3.15. The quantitative estimate of drug-likeness (QED) is 0.834. The standard InChI is InChI=1S/C13H15F2NO3S/c1-20(18,19)10-4-6-16(7-5-10)13(17)9-2-3-11(14)12(15)8-9/h2-3,8,10H,4-7H2,1H3. The second-order valence-corrected chi connectivity index (χ2v) is 7.28. The van der Waals surface area contributed by atoms with Gasteiger partial charge in [0.05, 0.1) is 5.25 Å². The summed E-state index contributed by atoms with van der Waals surface area (Å²) in [6, 6.07) is 3.00. The number of carbonyl (C=O) groups excluding carboxylic acids is 1. The number of hydrogen-bond acceptors (Lipinski definition) is 3. The molecule has 0 aliphatic carbocycles. The number of likely N-dealkylation sites (tertiary alicyclic amines) is 1. The fourth-order valence-electron chi connectivity index (χ4n) is 2.30. The van der Waals surface area contributed by atoms with Crippen molar-refractivity contribution in [2.45, 2.75) is 18.1 Å². The predicted octanol–water partition coefficient (Wildman–Crippen LogP) is 1.61. The monoisotopic (exact) mass is 303 g/mol. The molecule has 1 aliphatic rings. The second-order valence-electron chi connectivity index (χ2n) is 4.95. The first-order valence-corrected chi connectivity index (χ1v) is 8.17. The Bertz CT molecular complexity index is 623. The Balaban J connectivity index is 2.07. The highest BCUT2D eigenvalue weighted by Gasteiger charge is 2.29. The van der Waals surface area contributed by atoms with Gasteiger partial charge >= 0.3 is 0 Å². The fraction of sp³-hybridized carbons (Fsp3) is 0.462. The van der Waals surface area contributed by atoms with Gasteiger partial charge in [0.15, 0.2) is 11.6 Å². The highest BCUT2D eigenvalue weighted by molar-refractivity contribution is 7.91. The average molecular weight is 303 g/mol. The van der Waals surface area contributed by atoms with Crippen molar-refractivity contribution in [2.24, 2.45) is 0 Å². The van der Waals surface area contributed by atoms with Gasteiger partial charge in [-0.25, -0.2) is 17.2 Å². The first kappa shape index (κ1) is 14.9. The first-order valence-electron chi connectivity index (χ1n) is 6.22. The van der Waals surface area contributed by atoms with Crippen molar-refractivity contribution in [1.82, 2.24) is 4.90 Å². The van der Waals surface area contributed by atoms with E-state index in [1.165, 1.54) is 17.2 Å². The van der Waals surface area contributed by atoms with E-state index >= 15 is 0 Å². The van der Waals surface area contributed by atoms with Crippen molar-refractivity contribution in [3.63, 3.8) is 0 Å². The molecule has 0 N–H and O–H groups in total. The van der Waals surface area contributed by atoms with Gasteiger partial charge in [-0.3, -0.25) is 4.79 Å². The number of nitrogens with zero attached hydrogens (tertiary/aromatic N) is 1. The topological polar surface area (TPSA) is 54.5 Å². The molecule has 20 heavy (non-hydrogen) atoms. The Labute approximate surface area is 116 Å². The van der Waals surface area contributed by atoms with Crippen LogP contribution >= 0.6 is 0 Å². The van der Waals surface area contributed by atoms with E-state index in [0.717, 1.165) is 12.1 Å². The van der Waals surface area contributed by atoms with Gasteiger partial charge in [-0.05, 0) is 31.0 Å². The number of rotatable bonds is 2. The minimum atomic E-state index is -3.10. The molecule has 0 spiro atoms. The van der Waals surface area contributed by atoms with Crippen molar-refractivity contribution in [3.05, 3.63) is 35.4 Å². The second kappa shape index (κ2) is 5.47. The minimum absolute atomic E-state index is 0.0710. The number of benzene rings is 1. The van der Waals surface area contributed by atoms with Gasteiger partial charge in [0.1, 0.15) is 9.84 Å². The molecular weight excluding hydrogens is 288 g/mol. The lowest BCUT2D eigenvalue weighted by molar-refractivity contribution is 0.0725. The molecule has 0 saturated carbocycles. The van der Waals surface area contributed by atoms with E-state index in [-0.39, 0.29) is 5.56 Å². The zero-order chi connectivity index (χ0) is 14.9. The molecule has 0 radical (unpaired) electrons. The van der Waals surface area contributed by atoms with E-state index < -0.39 is 32.6 Å². The zero-order valence-electron chi connectivity index (χ0n) is 11.0. The van der Waals surface area contributed by atoms with Crippen LogP contribution in [0.1, 0.15) is 23.2 Å². The Morgan fingerprint density at radius 2 is 1.80 bits per heavy atom. The van der Waals surface area contributed by atoms with Gasteiger partial charge in [-0.2, -0.15) is 0 Å². The van der Waals surface area contributed by atoms with Gasteiger partial charge in [0.25, 0.3) is 5.91 Å². The van der Waals surface area contributed by atoms with Crippen LogP contribution in [-0.4, -0.2) is 43.8 Å². The van der Waals surface area contributed by atoms with Crippen LogP contribution in [0.5, 0.6) is 0 Å². The summed E-state index contributed by atoms with van der Waals surface area (Å²) in [5, 5.41) is -0.434. The summed E-state index contributed by atoms with van der Waals surface area (Å²) in [6.45, 7) is 0.602. The van der Waals surface area contributed by atoms with Crippen LogP contribution in [0.3, 0.4) is 0 Å². The van der Waals surface area contributed by atoms with Gasteiger partial charge in [0.2, 0.25) is 0 Å². The lowest BCUT2D eigenvalue weighted by Crippen LogP contribution is -2.42. The van der Waals surface area contributed by atoms with Crippen molar-refractivity contribution < 1.29 is 22.0 Å². The molecule has 4 nitrogen and oxygen atoms in total. The molecule has 0 atom stereocenters. The fourth-order valence-corrected chi connectivity index (χ4v) is 3.37. The van der Waals surface area contributed by atoms with E-state index in [9.17, 15) is 22.0 Å². The molecule has 1 saturated heterocycles. The molecule has 110 valence electrons. The van der Waals surface area contributed by atoms with Gasteiger partial charge in [0, 0.05) is 24.9 Å². The molecule has 7 heteroatoms. The molecule has 1 amide bonds. The van der Waals surface area contributed by atoms with Crippen LogP contribution in [0.2, 0.25) is 0 Å². The summed E-state index contributed by atoms with van der Waals surface area (Å²) in [5.41, 5.74) is 0.0710.